The van der Waals surface area contributed by atoms with Gasteiger partial charge >= 0.3 is 12.6 Å². The topological polar surface area (TPSA) is 92.3 Å². The zero-order chi connectivity index (χ0) is 19.2. The maximum absolute atomic E-state index is 12.2. The number of halogens is 2. The summed E-state index contributed by atoms with van der Waals surface area (Å²) in [5.74, 6) is 5.86. The highest BCUT2D eigenvalue weighted by Crippen LogP contribution is 2.24. The Kier molecular flexibility index (Phi) is 5.87. The molecule has 3 rings (SSSR count). The second-order valence-corrected chi connectivity index (χ2v) is 6.03. The average Bonchev–Trinajstić information content (AvgIpc) is 3.03. The van der Waals surface area contributed by atoms with E-state index in [2.05, 4.69) is 14.9 Å². The number of thioether (sulfide) groups is 1. The molecule has 0 aliphatic rings. The number of nitrogens with zero attached hydrogens (tertiary/aromatic N) is 3. The van der Waals surface area contributed by atoms with E-state index in [1.165, 1.54) is 28.9 Å². The third-order valence-corrected chi connectivity index (χ3v) is 4.16. The Morgan fingerprint density at radius 2 is 1.81 bits per heavy atom. The summed E-state index contributed by atoms with van der Waals surface area (Å²) >= 11 is 1.09. The quantitative estimate of drug-likeness (QED) is 0.286. The van der Waals surface area contributed by atoms with Crippen LogP contribution in [0.2, 0.25) is 0 Å². The van der Waals surface area contributed by atoms with Crippen LogP contribution < -0.4 is 10.6 Å². The van der Waals surface area contributed by atoms with Gasteiger partial charge in [-0.05, 0) is 48.2 Å². The molecule has 0 spiro atoms. The molecule has 1 aromatic heterocycles. The molecule has 2 N–H and O–H groups in total. The van der Waals surface area contributed by atoms with E-state index < -0.39 is 12.6 Å². The first-order valence-corrected chi connectivity index (χ1v) is 8.64. The first kappa shape index (κ1) is 18.6. The maximum atomic E-state index is 12.2. The molecular formula is C17H14F2N4O3S. The van der Waals surface area contributed by atoms with Crippen LogP contribution in [-0.4, -0.2) is 33.4 Å². The molecule has 7 nitrogen and oxygen atoms in total. The summed E-state index contributed by atoms with van der Waals surface area (Å²) in [4.78, 5) is 11.9. The van der Waals surface area contributed by atoms with Gasteiger partial charge in [0.1, 0.15) is 11.7 Å². The van der Waals surface area contributed by atoms with Gasteiger partial charge < -0.3 is 15.3 Å². The minimum atomic E-state index is -2.89. The van der Waals surface area contributed by atoms with E-state index in [1.54, 1.807) is 30.3 Å². The molecule has 0 unspecified atom stereocenters. The fourth-order valence-electron chi connectivity index (χ4n) is 2.15. The lowest BCUT2D eigenvalue weighted by molar-refractivity contribution is -0.0498. The van der Waals surface area contributed by atoms with E-state index in [0.29, 0.717) is 22.1 Å². The fourth-order valence-corrected chi connectivity index (χ4v) is 2.75. The van der Waals surface area contributed by atoms with Crippen molar-refractivity contribution in [2.45, 2.75) is 11.8 Å². The highest BCUT2D eigenvalue weighted by molar-refractivity contribution is 7.99. The minimum Gasteiger partial charge on any atom is -0.451 e. The molecule has 3 aromatic rings. The molecule has 0 saturated carbocycles. The number of alkyl halides is 2. The van der Waals surface area contributed by atoms with Crippen molar-refractivity contribution >= 4 is 17.7 Å². The van der Waals surface area contributed by atoms with Gasteiger partial charge in [-0.15, -0.1) is 10.2 Å². The SMILES string of the molecule is Nn1c(SCOC(=O)c2ccccc2)nnc1-c1ccc(OC(F)F)cc1. The monoisotopic (exact) mass is 392 g/mol. The highest BCUT2D eigenvalue weighted by Gasteiger charge is 2.14. The lowest BCUT2D eigenvalue weighted by Gasteiger charge is -2.06. The van der Waals surface area contributed by atoms with Crippen LogP contribution in [0.25, 0.3) is 11.4 Å². The lowest BCUT2D eigenvalue weighted by atomic mass is 10.2. The van der Waals surface area contributed by atoms with Crippen molar-refractivity contribution in [1.29, 1.82) is 0 Å². The van der Waals surface area contributed by atoms with E-state index in [4.69, 9.17) is 10.6 Å². The summed E-state index contributed by atoms with van der Waals surface area (Å²) in [5, 5.41) is 8.24. The molecule has 0 saturated heterocycles. The van der Waals surface area contributed by atoms with Crippen LogP contribution in [0, 0.1) is 0 Å². The normalized spacial score (nSPS) is 10.8. The summed E-state index contributed by atoms with van der Waals surface area (Å²) in [5.41, 5.74) is 1.01. The van der Waals surface area contributed by atoms with Crippen LogP contribution in [0.15, 0.2) is 59.8 Å². The van der Waals surface area contributed by atoms with Gasteiger partial charge in [0.15, 0.2) is 5.82 Å². The summed E-state index contributed by atoms with van der Waals surface area (Å²) in [6, 6.07) is 14.4. The zero-order valence-electron chi connectivity index (χ0n) is 13.8. The molecule has 0 amide bonds. The molecule has 10 heteroatoms. The number of carbonyl (C=O) groups excluding carboxylic acids is 1. The van der Waals surface area contributed by atoms with Crippen molar-refractivity contribution in [3.8, 4) is 17.1 Å². The summed E-state index contributed by atoms with van der Waals surface area (Å²) in [7, 11) is 0. The van der Waals surface area contributed by atoms with E-state index in [9.17, 15) is 13.6 Å². The summed E-state index contributed by atoms with van der Waals surface area (Å²) in [6.07, 6.45) is 0. The highest BCUT2D eigenvalue weighted by atomic mass is 32.2. The van der Waals surface area contributed by atoms with Crippen LogP contribution in [-0.2, 0) is 4.74 Å². The Hall–Kier alpha value is -3.14. The third kappa shape index (κ3) is 4.73. The van der Waals surface area contributed by atoms with Crippen molar-refractivity contribution in [2.24, 2.45) is 0 Å². The zero-order valence-corrected chi connectivity index (χ0v) is 14.6. The second-order valence-electron chi connectivity index (χ2n) is 5.14. The van der Waals surface area contributed by atoms with Crippen molar-refractivity contribution < 1.29 is 23.0 Å². The van der Waals surface area contributed by atoms with E-state index >= 15 is 0 Å². The molecule has 0 bridgehead atoms. The van der Waals surface area contributed by atoms with Crippen LogP contribution in [0.1, 0.15) is 10.4 Å². The Balaban J connectivity index is 1.61. The molecule has 27 heavy (non-hydrogen) atoms. The molecule has 140 valence electrons. The third-order valence-electron chi connectivity index (χ3n) is 3.39. The Morgan fingerprint density at radius 3 is 2.48 bits per heavy atom. The molecule has 0 atom stereocenters. The molecule has 0 aliphatic heterocycles. The van der Waals surface area contributed by atoms with Crippen molar-refractivity contribution in [1.82, 2.24) is 14.9 Å². The Bertz CT molecular complexity index is 904. The van der Waals surface area contributed by atoms with Gasteiger partial charge in [-0.3, -0.25) is 0 Å². The van der Waals surface area contributed by atoms with Crippen LogP contribution in [0.4, 0.5) is 8.78 Å². The Morgan fingerprint density at radius 1 is 1.11 bits per heavy atom. The first-order chi connectivity index (χ1) is 13.0. The number of nitrogen functional groups attached to an aromatic ring is 1. The number of hydrogen-bond acceptors (Lipinski definition) is 7. The summed E-state index contributed by atoms with van der Waals surface area (Å²) < 4.78 is 35.0. The van der Waals surface area contributed by atoms with E-state index in [0.717, 1.165) is 11.8 Å². The molecule has 2 aromatic carbocycles. The molecule has 0 aliphatic carbocycles. The number of esters is 1. The largest absolute Gasteiger partial charge is 0.451 e. The van der Waals surface area contributed by atoms with Gasteiger partial charge in [0.05, 0.1) is 5.56 Å². The smallest absolute Gasteiger partial charge is 0.387 e. The predicted octanol–water partition coefficient (Wildman–Crippen LogP) is 3.17. The Labute approximate surface area is 157 Å². The second kappa shape index (κ2) is 8.49. The van der Waals surface area contributed by atoms with Crippen LogP contribution >= 0.6 is 11.8 Å². The van der Waals surface area contributed by atoms with Gasteiger partial charge in [-0.25, -0.2) is 9.47 Å². The minimum absolute atomic E-state index is 0.00419. The van der Waals surface area contributed by atoms with Crippen LogP contribution in [0.3, 0.4) is 0 Å². The number of nitrogens with two attached hydrogens (primary N) is 1. The van der Waals surface area contributed by atoms with E-state index in [-0.39, 0.29) is 11.7 Å². The number of hydrogen-bond donors (Lipinski definition) is 1. The average molecular weight is 392 g/mol. The van der Waals surface area contributed by atoms with Gasteiger partial charge in [-0.2, -0.15) is 8.78 Å². The fraction of sp³-hybridized carbons (Fsp3) is 0.118. The van der Waals surface area contributed by atoms with Crippen molar-refractivity contribution in [3.05, 3.63) is 60.2 Å². The number of rotatable bonds is 7. The van der Waals surface area contributed by atoms with Crippen molar-refractivity contribution in [3.63, 3.8) is 0 Å². The predicted molar refractivity (Wildman–Crippen MR) is 94.8 cm³/mol. The number of carbonyl (C=O) groups is 1. The number of benzene rings is 2. The van der Waals surface area contributed by atoms with Gasteiger partial charge in [0.2, 0.25) is 5.16 Å². The lowest BCUT2D eigenvalue weighted by Crippen LogP contribution is -2.12. The maximum Gasteiger partial charge on any atom is 0.387 e. The first-order valence-electron chi connectivity index (χ1n) is 7.65. The molecular weight excluding hydrogens is 378 g/mol. The molecule has 0 fully saturated rings. The van der Waals surface area contributed by atoms with Gasteiger partial charge in [0.25, 0.3) is 0 Å². The number of aromatic nitrogens is 3. The van der Waals surface area contributed by atoms with Crippen molar-refractivity contribution in [2.75, 3.05) is 11.8 Å². The summed E-state index contributed by atoms with van der Waals surface area (Å²) in [6.45, 7) is -2.89. The van der Waals surface area contributed by atoms with Crippen LogP contribution in [0.5, 0.6) is 5.75 Å². The standard InChI is InChI=1S/C17H14F2N4O3S/c18-16(19)26-13-8-6-11(7-9-13)14-21-22-17(23(14)20)27-10-25-15(24)12-4-2-1-3-5-12/h1-9,16H,10,20H2. The van der Waals surface area contributed by atoms with E-state index in [1.807, 2.05) is 0 Å². The number of ether oxygens (including phenoxy) is 2. The molecule has 1 heterocycles. The van der Waals surface area contributed by atoms with Gasteiger partial charge in [0, 0.05) is 5.56 Å². The van der Waals surface area contributed by atoms with Gasteiger partial charge in [-0.1, -0.05) is 18.2 Å². The molecule has 0 radical (unpaired) electrons.